The molecule has 2 aromatic rings. The largest absolute Gasteiger partial charge is 0.497 e. The van der Waals surface area contributed by atoms with Gasteiger partial charge in [0.15, 0.2) is 0 Å². The van der Waals surface area contributed by atoms with Crippen LogP contribution in [0.15, 0.2) is 30.5 Å². The first kappa shape index (κ1) is 21.3. The number of methoxy groups -OCH3 is 1. The van der Waals surface area contributed by atoms with Crippen molar-refractivity contribution in [2.24, 2.45) is 0 Å². The second-order valence-electron chi connectivity index (χ2n) is 8.36. The molecule has 31 heavy (non-hydrogen) atoms. The first-order valence-corrected chi connectivity index (χ1v) is 11.0. The van der Waals surface area contributed by atoms with Gasteiger partial charge in [-0.15, -0.1) is 0 Å². The molecule has 1 aliphatic carbocycles. The lowest BCUT2D eigenvalue weighted by Gasteiger charge is -2.41. The van der Waals surface area contributed by atoms with E-state index < -0.39 is 0 Å². The molecule has 2 aliphatic rings. The van der Waals surface area contributed by atoms with Crippen LogP contribution < -0.4 is 19.9 Å². The van der Waals surface area contributed by atoms with Crippen LogP contribution in [0.3, 0.4) is 0 Å². The van der Waals surface area contributed by atoms with Gasteiger partial charge in [-0.2, -0.15) is 0 Å². The fourth-order valence-electron chi connectivity index (χ4n) is 4.46. The summed E-state index contributed by atoms with van der Waals surface area (Å²) in [5.74, 6) is 0.614. The smallest absolute Gasteiger partial charge is 0.270 e. The van der Waals surface area contributed by atoms with Gasteiger partial charge in [-0.3, -0.25) is 4.79 Å². The molecule has 166 valence electrons. The van der Waals surface area contributed by atoms with Gasteiger partial charge in [-0.05, 0) is 38.0 Å². The molecule has 4 rings (SSSR count). The van der Waals surface area contributed by atoms with Gasteiger partial charge >= 0.3 is 0 Å². The van der Waals surface area contributed by atoms with E-state index in [9.17, 15) is 9.18 Å². The van der Waals surface area contributed by atoms with Crippen molar-refractivity contribution in [1.82, 2.24) is 15.3 Å². The summed E-state index contributed by atoms with van der Waals surface area (Å²) < 4.78 is 19.6. The van der Waals surface area contributed by atoms with Crippen molar-refractivity contribution in [3.05, 3.63) is 42.0 Å². The zero-order valence-electron chi connectivity index (χ0n) is 18.2. The predicted molar refractivity (Wildman–Crippen MR) is 118 cm³/mol. The molecule has 0 spiro atoms. The topological polar surface area (TPSA) is 70.6 Å². The molecular weight excluding hydrogens is 397 g/mol. The van der Waals surface area contributed by atoms with Gasteiger partial charge in [0, 0.05) is 44.0 Å². The summed E-state index contributed by atoms with van der Waals surface area (Å²) >= 11 is 0. The molecule has 1 aliphatic heterocycles. The normalized spacial score (nSPS) is 19.9. The molecule has 1 atom stereocenters. The Hall–Kier alpha value is -2.90. The second kappa shape index (κ2) is 9.49. The van der Waals surface area contributed by atoms with Gasteiger partial charge in [0.1, 0.15) is 17.3 Å². The number of amides is 1. The van der Waals surface area contributed by atoms with E-state index in [1.165, 1.54) is 19.6 Å². The van der Waals surface area contributed by atoms with E-state index in [0.29, 0.717) is 42.7 Å². The van der Waals surface area contributed by atoms with Crippen LogP contribution in [0.25, 0.3) is 0 Å². The average Bonchev–Trinajstić information content (AvgIpc) is 2.79. The van der Waals surface area contributed by atoms with Gasteiger partial charge < -0.3 is 19.9 Å². The highest BCUT2D eigenvalue weighted by atomic mass is 19.1. The fourth-order valence-corrected chi connectivity index (χ4v) is 4.46. The Labute approximate surface area is 182 Å². The number of carbonyl (C=O) groups excluding carboxylic acids is 1. The lowest BCUT2D eigenvalue weighted by atomic mass is 9.95. The van der Waals surface area contributed by atoms with Crippen LogP contribution in [0.1, 0.15) is 49.5 Å². The molecule has 1 aromatic heterocycles. The summed E-state index contributed by atoms with van der Waals surface area (Å²) in [6, 6.07) is 6.89. The molecule has 1 amide bonds. The maximum absolute atomic E-state index is 14.5. The molecule has 2 heterocycles. The molecule has 1 aromatic carbocycles. The van der Waals surface area contributed by atoms with E-state index in [0.717, 1.165) is 25.7 Å². The van der Waals surface area contributed by atoms with E-state index in [2.05, 4.69) is 27.1 Å². The first-order chi connectivity index (χ1) is 15.0. The number of hydrogen-bond acceptors (Lipinski definition) is 6. The van der Waals surface area contributed by atoms with Crippen molar-refractivity contribution in [3.8, 4) is 5.75 Å². The minimum absolute atomic E-state index is 0.0620. The van der Waals surface area contributed by atoms with Crippen LogP contribution in [0.5, 0.6) is 5.75 Å². The van der Waals surface area contributed by atoms with E-state index in [-0.39, 0.29) is 23.8 Å². The van der Waals surface area contributed by atoms with Crippen molar-refractivity contribution >= 4 is 17.5 Å². The number of benzene rings is 1. The second-order valence-corrected chi connectivity index (χ2v) is 8.36. The number of carbonyl (C=O) groups is 1. The fraction of sp³-hybridized carbons (Fsp3) is 0.522. The van der Waals surface area contributed by atoms with Crippen LogP contribution in [0.2, 0.25) is 0 Å². The summed E-state index contributed by atoms with van der Waals surface area (Å²) in [5.41, 5.74) is 0.959. The molecule has 8 heteroatoms. The minimum Gasteiger partial charge on any atom is -0.497 e. The Morgan fingerprint density at radius 1 is 1.19 bits per heavy atom. The third-order valence-electron chi connectivity index (χ3n) is 6.20. The molecule has 2 fully saturated rings. The maximum Gasteiger partial charge on any atom is 0.270 e. The van der Waals surface area contributed by atoms with Crippen molar-refractivity contribution in [2.75, 3.05) is 36.5 Å². The Bertz CT molecular complexity index is 919. The molecule has 1 saturated carbocycles. The van der Waals surface area contributed by atoms with E-state index >= 15 is 0 Å². The molecular formula is C23H30FN5O2. The highest BCUT2D eigenvalue weighted by molar-refractivity contribution is 5.92. The Morgan fingerprint density at radius 2 is 2.00 bits per heavy atom. The van der Waals surface area contributed by atoms with Crippen molar-refractivity contribution in [2.45, 2.75) is 51.1 Å². The third kappa shape index (κ3) is 4.89. The summed E-state index contributed by atoms with van der Waals surface area (Å²) in [7, 11) is 1.53. The minimum atomic E-state index is -0.294. The van der Waals surface area contributed by atoms with E-state index in [1.54, 1.807) is 24.4 Å². The van der Waals surface area contributed by atoms with Crippen LogP contribution in [-0.4, -0.2) is 54.7 Å². The Kier molecular flexibility index (Phi) is 6.53. The molecule has 0 unspecified atom stereocenters. The standard InChI is InChI=1S/C23H30FN5O2/c1-16-15-28(21-9-8-18(31-2)14-19(21)24)12-13-29(16)23-25-11-10-20(27-23)22(30)26-17-6-4-3-5-7-17/h8-11,14,16-17H,3-7,12-13,15H2,1-2H3,(H,26,30)/t16-/m1/s1. The van der Waals surface area contributed by atoms with E-state index in [1.807, 2.05) is 4.90 Å². The van der Waals surface area contributed by atoms with Crippen molar-refractivity contribution < 1.29 is 13.9 Å². The molecule has 7 nitrogen and oxygen atoms in total. The number of anilines is 2. The molecule has 1 saturated heterocycles. The molecule has 0 bridgehead atoms. The van der Waals surface area contributed by atoms with Gasteiger partial charge in [-0.1, -0.05) is 19.3 Å². The molecule has 0 radical (unpaired) electrons. The number of nitrogens with one attached hydrogen (secondary N) is 1. The third-order valence-corrected chi connectivity index (χ3v) is 6.20. The summed E-state index contributed by atoms with van der Waals surface area (Å²) in [6.45, 7) is 3.96. The number of piperazine rings is 1. The predicted octanol–water partition coefficient (Wildman–Crippen LogP) is 3.40. The number of ether oxygens (including phenoxy) is 1. The van der Waals surface area contributed by atoms with Gasteiger partial charge in [0.25, 0.3) is 5.91 Å². The lowest BCUT2D eigenvalue weighted by molar-refractivity contribution is 0.0922. The quantitative estimate of drug-likeness (QED) is 0.789. The van der Waals surface area contributed by atoms with Gasteiger partial charge in [0.2, 0.25) is 5.95 Å². The number of halogens is 1. The Balaban J connectivity index is 1.42. The van der Waals surface area contributed by atoms with Gasteiger partial charge in [0.05, 0.1) is 12.8 Å². The average molecular weight is 428 g/mol. The zero-order valence-corrected chi connectivity index (χ0v) is 18.2. The van der Waals surface area contributed by atoms with Gasteiger partial charge in [-0.25, -0.2) is 14.4 Å². The highest BCUT2D eigenvalue weighted by Gasteiger charge is 2.28. The monoisotopic (exact) mass is 427 g/mol. The van der Waals surface area contributed by atoms with Crippen molar-refractivity contribution in [1.29, 1.82) is 0 Å². The van der Waals surface area contributed by atoms with Crippen LogP contribution >= 0.6 is 0 Å². The first-order valence-electron chi connectivity index (χ1n) is 11.0. The van der Waals surface area contributed by atoms with E-state index in [4.69, 9.17) is 4.74 Å². The van der Waals surface area contributed by atoms with Crippen LogP contribution in [0.4, 0.5) is 16.0 Å². The van der Waals surface area contributed by atoms with Crippen LogP contribution in [0, 0.1) is 5.82 Å². The highest BCUT2D eigenvalue weighted by Crippen LogP contribution is 2.27. The molecule has 1 N–H and O–H groups in total. The summed E-state index contributed by atoms with van der Waals surface area (Å²) in [4.78, 5) is 25.7. The number of rotatable bonds is 5. The zero-order chi connectivity index (χ0) is 21.8. The Morgan fingerprint density at radius 3 is 2.71 bits per heavy atom. The van der Waals surface area contributed by atoms with Crippen LogP contribution in [-0.2, 0) is 0 Å². The number of hydrogen-bond donors (Lipinski definition) is 1. The lowest BCUT2D eigenvalue weighted by Crippen LogP contribution is -2.53. The van der Waals surface area contributed by atoms with Crippen molar-refractivity contribution in [3.63, 3.8) is 0 Å². The summed E-state index contributed by atoms with van der Waals surface area (Å²) in [5, 5.41) is 3.11. The maximum atomic E-state index is 14.5. The number of aromatic nitrogens is 2. The number of nitrogens with zero attached hydrogens (tertiary/aromatic N) is 4. The summed E-state index contributed by atoms with van der Waals surface area (Å²) in [6.07, 6.45) is 7.27. The SMILES string of the molecule is COc1ccc(N2CCN(c3nccc(C(=O)NC4CCCCC4)n3)[C@H](C)C2)c(F)c1.